The monoisotopic (exact) mass is 345 g/mol. The van der Waals surface area contributed by atoms with Gasteiger partial charge in [-0.15, -0.1) is 0 Å². The van der Waals surface area contributed by atoms with Crippen LogP contribution in [0.5, 0.6) is 5.75 Å². The highest BCUT2D eigenvalue weighted by Gasteiger charge is 2.16. The lowest BCUT2D eigenvalue weighted by molar-refractivity contribution is -0.384. The van der Waals surface area contributed by atoms with Gasteiger partial charge in [0.05, 0.1) is 20.8 Å². The number of non-ortho nitro benzene ring substituents is 1. The first-order chi connectivity index (χ1) is 11.5. The van der Waals surface area contributed by atoms with Gasteiger partial charge in [0.15, 0.2) is 11.9 Å². The van der Waals surface area contributed by atoms with Crippen molar-refractivity contribution in [3.63, 3.8) is 0 Å². The number of nitrogens with one attached hydrogen (secondary N) is 1. The van der Waals surface area contributed by atoms with E-state index in [1.807, 2.05) is 0 Å². The molecule has 0 saturated carbocycles. The smallest absolute Gasteiger partial charge is 0.271 e. The Labute approximate surface area is 141 Å². The summed E-state index contributed by atoms with van der Waals surface area (Å²) < 4.78 is 5.68. The van der Waals surface area contributed by atoms with E-state index in [4.69, 9.17) is 16.3 Å². The van der Waals surface area contributed by atoms with Gasteiger partial charge in [0.2, 0.25) is 0 Å². The fourth-order valence-electron chi connectivity index (χ4n) is 2.24. The number of benzene rings is 2. The molecule has 7 nitrogen and oxygen atoms in total. The number of rotatable bonds is 4. The number of fused-ring (bicyclic) bond motifs is 1. The predicted molar refractivity (Wildman–Crippen MR) is 89.5 cm³/mol. The second-order valence-corrected chi connectivity index (χ2v) is 5.51. The average Bonchev–Trinajstić information content (AvgIpc) is 2.56. The van der Waals surface area contributed by atoms with Gasteiger partial charge in [-0.25, -0.2) is 4.98 Å². The molecule has 0 amide bonds. The minimum absolute atomic E-state index is 0.110. The van der Waals surface area contributed by atoms with E-state index in [1.165, 1.54) is 18.2 Å². The molecule has 8 heteroatoms. The molecule has 1 aromatic heterocycles. The molecule has 3 rings (SSSR count). The molecule has 24 heavy (non-hydrogen) atoms. The molecule has 1 heterocycles. The topological polar surface area (TPSA) is 98.1 Å². The van der Waals surface area contributed by atoms with Crippen LogP contribution in [0.2, 0.25) is 5.02 Å². The van der Waals surface area contributed by atoms with E-state index in [0.29, 0.717) is 16.7 Å². The second kappa shape index (κ2) is 6.29. The zero-order valence-electron chi connectivity index (χ0n) is 12.5. The Hall–Kier alpha value is -2.93. The van der Waals surface area contributed by atoms with Gasteiger partial charge < -0.3 is 9.72 Å². The van der Waals surface area contributed by atoms with Crippen LogP contribution in [0.4, 0.5) is 5.69 Å². The van der Waals surface area contributed by atoms with Crippen LogP contribution in [0, 0.1) is 10.1 Å². The first kappa shape index (κ1) is 15.9. The third-order valence-electron chi connectivity index (χ3n) is 3.45. The Bertz CT molecular complexity index is 986. The van der Waals surface area contributed by atoms with Gasteiger partial charge >= 0.3 is 0 Å². The number of aromatic nitrogens is 2. The highest BCUT2D eigenvalue weighted by Crippen LogP contribution is 2.31. The molecule has 0 saturated heterocycles. The van der Waals surface area contributed by atoms with Crippen LogP contribution >= 0.6 is 11.6 Å². The van der Waals surface area contributed by atoms with Crippen LogP contribution in [-0.4, -0.2) is 14.9 Å². The predicted octanol–water partition coefficient (Wildman–Crippen LogP) is 3.62. The number of hydrogen-bond donors (Lipinski definition) is 1. The normalized spacial score (nSPS) is 12.1. The summed E-state index contributed by atoms with van der Waals surface area (Å²) in [5, 5.41) is 11.3. The van der Waals surface area contributed by atoms with Crippen molar-refractivity contribution in [1.29, 1.82) is 0 Å². The Kier molecular flexibility index (Phi) is 4.18. The van der Waals surface area contributed by atoms with Gasteiger partial charge in [0.1, 0.15) is 5.75 Å². The first-order valence-corrected chi connectivity index (χ1v) is 7.43. The van der Waals surface area contributed by atoms with Gasteiger partial charge in [-0.05, 0) is 25.1 Å². The number of hydrogen-bond acceptors (Lipinski definition) is 5. The van der Waals surface area contributed by atoms with E-state index in [2.05, 4.69) is 9.97 Å². The summed E-state index contributed by atoms with van der Waals surface area (Å²) in [5.41, 5.74) is 0.166. The third-order valence-corrected chi connectivity index (χ3v) is 3.74. The van der Waals surface area contributed by atoms with Gasteiger partial charge in [-0.2, -0.15) is 0 Å². The molecular weight excluding hydrogens is 334 g/mol. The lowest BCUT2D eigenvalue weighted by Gasteiger charge is -2.15. The van der Waals surface area contributed by atoms with E-state index in [0.717, 1.165) is 0 Å². The van der Waals surface area contributed by atoms with Crippen LogP contribution in [0.25, 0.3) is 10.9 Å². The van der Waals surface area contributed by atoms with E-state index in [9.17, 15) is 14.9 Å². The van der Waals surface area contributed by atoms with Crippen molar-refractivity contribution in [2.24, 2.45) is 0 Å². The van der Waals surface area contributed by atoms with Gasteiger partial charge in [0, 0.05) is 12.1 Å². The maximum Gasteiger partial charge on any atom is 0.271 e. The van der Waals surface area contributed by atoms with E-state index < -0.39 is 11.0 Å². The minimum atomic E-state index is -0.596. The van der Waals surface area contributed by atoms with Crippen molar-refractivity contribution < 1.29 is 9.66 Å². The summed E-state index contributed by atoms with van der Waals surface area (Å²) in [7, 11) is 0. The Morgan fingerprint density at radius 2 is 2.04 bits per heavy atom. The summed E-state index contributed by atoms with van der Waals surface area (Å²) in [4.78, 5) is 29.3. The molecule has 0 aliphatic heterocycles. The molecule has 3 aromatic rings. The third kappa shape index (κ3) is 3.07. The number of halogens is 1. The molecule has 0 bridgehead atoms. The molecule has 2 aromatic carbocycles. The SMILES string of the molecule is C[C@H](Oc1ccc([N+](=O)[O-])cc1Cl)c1nc2ccccc2c(=O)[nH]1. The lowest BCUT2D eigenvalue weighted by Crippen LogP contribution is -2.16. The number of nitro groups is 1. The lowest BCUT2D eigenvalue weighted by atomic mass is 10.2. The molecule has 1 N–H and O–H groups in total. The largest absolute Gasteiger partial charge is 0.481 e. The Balaban J connectivity index is 1.91. The summed E-state index contributed by atoms with van der Waals surface area (Å²) in [6.45, 7) is 1.70. The summed E-state index contributed by atoms with van der Waals surface area (Å²) >= 11 is 6.01. The summed E-state index contributed by atoms with van der Waals surface area (Å²) in [6.07, 6.45) is -0.596. The second-order valence-electron chi connectivity index (χ2n) is 5.10. The molecule has 0 fully saturated rings. The Morgan fingerprint density at radius 3 is 2.75 bits per heavy atom. The van der Waals surface area contributed by atoms with E-state index >= 15 is 0 Å². The van der Waals surface area contributed by atoms with Crippen LogP contribution in [0.3, 0.4) is 0 Å². The van der Waals surface area contributed by atoms with Gasteiger partial charge in [0.25, 0.3) is 11.2 Å². The van der Waals surface area contributed by atoms with Crippen molar-refractivity contribution >= 4 is 28.2 Å². The fourth-order valence-corrected chi connectivity index (χ4v) is 2.46. The molecule has 1 atom stereocenters. The van der Waals surface area contributed by atoms with Crippen molar-refractivity contribution in [2.75, 3.05) is 0 Å². The number of para-hydroxylation sites is 1. The number of nitrogens with zero attached hydrogens (tertiary/aromatic N) is 2. The molecule has 0 radical (unpaired) electrons. The van der Waals surface area contributed by atoms with E-state index in [-0.39, 0.29) is 22.0 Å². The van der Waals surface area contributed by atoms with E-state index in [1.54, 1.807) is 31.2 Å². The van der Waals surface area contributed by atoms with Gasteiger partial charge in [-0.3, -0.25) is 14.9 Å². The molecule has 0 aliphatic rings. The average molecular weight is 346 g/mol. The van der Waals surface area contributed by atoms with Crippen molar-refractivity contribution in [3.8, 4) is 5.75 Å². The fraction of sp³-hybridized carbons (Fsp3) is 0.125. The standard InChI is InChI=1S/C16H12ClN3O4/c1-9(24-14-7-6-10(20(22)23)8-12(14)17)15-18-13-5-3-2-4-11(13)16(21)19-15/h2-9H,1H3,(H,18,19,21)/t9-/m0/s1. The quantitative estimate of drug-likeness (QED) is 0.575. The molecular formula is C16H12ClN3O4. The number of aromatic amines is 1. The van der Waals surface area contributed by atoms with Gasteiger partial charge in [-0.1, -0.05) is 23.7 Å². The minimum Gasteiger partial charge on any atom is -0.481 e. The molecule has 122 valence electrons. The summed E-state index contributed by atoms with van der Waals surface area (Å²) in [5.74, 6) is 0.610. The molecule has 0 unspecified atom stereocenters. The Morgan fingerprint density at radius 1 is 1.29 bits per heavy atom. The highest BCUT2D eigenvalue weighted by atomic mass is 35.5. The first-order valence-electron chi connectivity index (χ1n) is 7.05. The maximum atomic E-state index is 12.1. The van der Waals surface area contributed by atoms with Crippen LogP contribution in [0.15, 0.2) is 47.3 Å². The zero-order chi connectivity index (χ0) is 17.3. The zero-order valence-corrected chi connectivity index (χ0v) is 13.3. The maximum absolute atomic E-state index is 12.1. The number of ether oxygens (including phenoxy) is 1. The number of H-pyrrole nitrogens is 1. The molecule has 0 aliphatic carbocycles. The van der Waals surface area contributed by atoms with Crippen molar-refractivity contribution in [1.82, 2.24) is 9.97 Å². The van der Waals surface area contributed by atoms with Crippen LogP contribution in [-0.2, 0) is 0 Å². The highest BCUT2D eigenvalue weighted by molar-refractivity contribution is 6.32. The van der Waals surface area contributed by atoms with Crippen molar-refractivity contribution in [3.05, 3.63) is 73.8 Å². The number of nitro benzene ring substituents is 1. The summed E-state index contributed by atoms with van der Waals surface area (Å²) in [6, 6.07) is 10.9. The molecule has 0 spiro atoms. The van der Waals surface area contributed by atoms with Crippen LogP contribution < -0.4 is 10.3 Å². The van der Waals surface area contributed by atoms with Crippen LogP contribution in [0.1, 0.15) is 18.9 Å². The van der Waals surface area contributed by atoms with Crippen molar-refractivity contribution in [2.45, 2.75) is 13.0 Å².